The molecule has 160 valence electrons. The van der Waals surface area contributed by atoms with Gasteiger partial charge in [-0.1, -0.05) is 82.7 Å². The summed E-state index contributed by atoms with van der Waals surface area (Å²) in [6.45, 7) is 0. The number of halogens is 1. The molecule has 1 heterocycles. The summed E-state index contributed by atoms with van der Waals surface area (Å²) in [5, 5.41) is 0. The van der Waals surface area contributed by atoms with Crippen molar-refractivity contribution in [3.05, 3.63) is 101 Å². The number of benzene rings is 3. The normalized spacial score (nSPS) is 10.6. The first kappa shape index (κ1) is 21.6. The lowest BCUT2D eigenvalue weighted by Gasteiger charge is -2.14. The number of rotatable bonds is 5. The second-order valence-electron chi connectivity index (χ2n) is 6.98. The highest BCUT2D eigenvalue weighted by Crippen LogP contribution is 2.42. The van der Waals surface area contributed by atoms with Crippen molar-refractivity contribution in [1.82, 2.24) is 4.57 Å². The zero-order valence-electron chi connectivity index (χ0n) is 17.5. The first-order chi connectivity index (χ1) is 15.6. The molecule has 6 heteroatoms. The molecule has 0 saturated heterocycles. The van der Waals surface area contributed by atoms with Gasteiger partial charge in [-0.3, -0.25) is 0 Å². The molecule has 4 rings (SSSR count). The highest BCUT2D eigenvalue weighted by molar-refractivity contribution is 9.10. The summed E-state index contributed by atoms with van der Waals surface area (Å²) in [6, 6.07) is 26.6. The molecule has 0 aliphatic rings. The van der Waals surface area contributed by atoms with Crippen molar-refractivity contribution in [1.29, 1.82) is 0 Å². The van der Waals surface area contributed by atoms with Crippen molar-refractivity contribution in [3.8, 4) is 28.1 Å². The summed E-state index contributed by atoms with van der Waals surface area (Å²) >= 11 is 3.51. The van der Waals surface area contributed by atoms with Gasteiger partial charge in [0.2, 0.25) is 0 Å². The van der Waals surface area contributed by atoms with Crippen molar-refractivity contribution in [2.45, 2.75) is 0 Å². The fraction of sp³-hybridized carbons (Fsp3) is 0.0769. The topological polar surface area (TPSA) is 57.5 Å². The Balaban J connectivity index is 2.25. The van der Waals surface area contributed by atoms with E-state index in [1.807, 2.05) is 84.9 Å². The maximum atomic E-state index is 13.1. The van der Waals surface area contributed by atoms with Crippen molar-refractivity contribution in [2.75, 3.05) is 14.2 Å². The second kappa shape index (κ2) is 9.24. The quantitative estimate of drug-likeness (QED) is 0.315. The molecule has 0 aliphatic heterocycles. The van der Waals surface area contributed by atoms with Gasteiger partial charge >= 0.3 is 11.9 Å². The minimum absolute atomic E-state index is 0.107. The fourth-order valence-corrected chi connectivity index (χ4v) is 4.18. The Kier molecular flexibility index (Phi) is 6.23. The molecule has 0 bridgehead atoms. The van der Waals surface area contributed by atoms with Crippen molar-refractivity contribution < 1.29 is 19.1 Å². The number of esters is 2. The predicted molar refractivity (Wildman–Crippen MR) is 127 cm³/mol. The van der Waals surface area contributed by atoms with Crippen LogP contribution in [0.15, 0.2) is 89.4 Å². The fourth-order valence-electron chi connectivity index (χ4n) is 3.79. The largest absolute Gasteiger partial charge is 0.465 e. The average Bonchev–Trinajstić information content (AvgIpc) is 3.20. The van der Waals surface area contributed by atoms with Gasteiger partial charge in [0.1, 0.15) is 11.3 Å². The SMILES string of the molecule is COC(=O)c1c(-c2ccccc2)c(-c2ccccc2)n(-c2cccc(Br)c2)c1C(=O)OC. The third kappa shape index (κ3) is 3.85. The Morgan fingerprint density at radius 2 is 1.34 bits per heavy atom. The van der Waals surface area contributed by atoms with Gasteiger partial charge in [0.15, 0.2) is 0 Å². The first-order valence-electron chi connectivity index (χ1n) is 9.89. The smallest absolute Gasteiger partial charge is 0.355 e. The van der Waals surface area contributed by atoms with Crippen LogP contribution in [0.1, 0.15) is 20.8 Å². The van der Waals surface area contributed by atoms with Crippen molar-refractivity contribution >= 4 is 27.9 Å². The third-order valence-corrected chi connectivity index (χ3v) is 5.61. The van der Waals surface area contributed by atoms with E-state index in [1.165, 1.54) is 14.2 Å². The molecule has 0 radical (unpaired) electrons. The number of aromatic nitrogens is 1. The van der Waals surface area contributed by atoms with Crippen LogP contribution in [0.3, 0.4) is 0 Å². The van der Waals surface area contributed by atoms with Gasteiger partial charge in [0.05, 0.1) is 19.9 Å². The third-order valence-electron chi connectivity index (χ3n) is 5.12. The van der Waals surface area contributed by atoms with Crippen LogP contribution >= 0.6 is 15.9 Å². The molecule has 0 saturated carbocycles. The van der Waals surface area contributed by atoms with E-state index in [2.05, 4.69) is 15.9 Å². The van der Waals surface area contributed by atoms with Gasteiger partial charge < -0.3 is 14.0 Å². The molecule has 0 fully saturated rings. The van der Waals surface area contributed by atoms with Gasteiger partial charge in [-0.05, 0) is 29.3 Å². The van der Waals surface area contributed by atoms with E-state index in [9.17, 15) is 9.59 Å². The van der Waals surface area contributed by atoms with Crippen LogP contribution in [0, 0.1) is 0 Å². The maximum Gasteiger partial charge on any atom is 0.355 e. The standard InChI is InChI=1S/C26H20BrNO4/c1-31-25(29)22-21(17-10-5-3-6-11-17)23(18-12-7-4-8-13-18)28(24(22)26(30)32-2)20-15-9-14-19(27)16-20/h3-16H,1-2H3. The molecule has 0 aliphatic carbocycles. The number of hydrogen-bond acceptors (Lipinski definition) is 4. The summed E-state index contributed by atoms with van der Waals surface area (Å²) in [7, 11) is 2.60. The minimum Gasteiger partial charge on any atom is -0.465 e. The molecule has 0 amide bonds. The summed E-state index contributed by atoms with van der Waals surface area (Å²) in [4.78, 5) is 26.2. The van der Waals surface area contributed by atoms with Gasteiger partial charge in [0, 0.05) is 15.7 Å². The maximum absolute atomic E-state index is 13.1. The van der Waals surface area contributed by atoms with Crippen molar-refractivity contribution in [3.63, 3.8) is 0 Å². The number of carbonyl (C=O) groups excluding carboxylic acids is 2. The number of methoxy groups -OCH3 is 2. The highest BCUT2D eigenvalue weighted by Gasteiger charge is 2.34. The molecule has 5 nitrogen and oxygen atoms in total. The Morgan fingerprint density at radius 3 is 1.91 bits per heavy atom. The first-order valence-corrected chi connectivity index (χ1v) is 10.7. The highest BCUT2D eigenvalue weighted by atomic mass is 79.9. The summed E-state index contributed by atoms with van der Waals surface area (Å²) in [5.74, 6) is -1.25. The Hall–Kier alpha value is -3.64. The molecule has 0 spiro atoms. The second-order valence-corrected chi connectivity index (χ2v) is 7.89. The molecular weight excluding hydrogens is 470 g/mol. The molecule has 32 heavy (non-hydrogen) atoms. The number of nitrogens with zero attached hydrogens (tertiary/aromatic N) is 1. The number of ether oxygens (including phenoxy) is 2. The summed E-state index contributed by atoms with van der Waals surface area (Å²) < 4.78 is 12.9. The van der Waals surface area contributed by atoms with Crippen LogP contribution in [0.4, 0.5) is 0 Å². The average molecular weight is 490 g/mol. The van der Waals surface area contributed by atoms with Crippen LogP contribution in [-0.4, -0.2) is 30.7 Å². The summed E-state index contributed by atoms with van der Waals surface area (Å²) in [6.07, 6.45) is 0. The van der Waals surface area contributed by atoms with E-state index in [1.54, 1.807) is 4.57 Å². The van der Waals surface area contributed by atoms with E-state index in [0.717, 1.165) is 15.6 Å². The van der Waals surface area contributed by atoms with Crippen LogP contribution in [0.2, 0.25) is 0 Å². The lowest BCUT2D eigenvalue weighted by Crippen LogP contribution is -2.15. The molecule has 1 aromatic heterocycles. The number of hydrogen-bond donors (Lipinski definition) is 0. The Morgan fingerprint density at radius 1 is 0.750 bits per heavy atom. The van der Waals surface area contributed by atoms with E-state index in [-0.39, 0.29) is 11.3 Å². The van der Waals surface area contributed by atoms with E-state index < -0.39 is 11.9 Å². The predicted octanol–water partition coefficient (Wildman–Crippen LogP) is 6.15. The Labute approximate surface area is 194 Å². The molecule has 0 N–H and O–H groups in total. The van der Waals surface area contributed by atoms with E-state index in [0.29, 0.717) is 16.9 Å². The Bertz CT molecular complexity index is 1280. The van der Waals surface area contributed by atoms with Crippen LogP contribution in [0.25, 0.3) is 28.1 Å². The van der Waals surface area contributed by atoms with Crippen LogP contribution in [0.5, 0.6) is 0 Å². The van der Waals surface area contributed by atoms with Gasteiger partial charge in [-0.15, -0.1) is 0 Å². The zero-order chi connectivity index (χ0) is 22.7. The molecule has 3 aromatic carbocycles. The lowest BCUT2D eigenvalue weighted by atomic mass is 9.97. The molecule has 0 unspecified atom stereocenters. The van der Waals surface area contributed by atoms with Crippen LogP contribution < -0.4 is 0 Å². The van der Waals surface area contributed by atoms with Gasteiger partial charge in [-0.25, -0.2) is 9.59 Å². The molecule has 4 aromatic rings. The summed E-state index contributed by atoms with van der Waals surface area (Å²) in [5.41, 5.74) is 3.88. The lowest BCUT2D eigenvalue weighted by molar-refractivity contribution is 0.0550. The molecule has 0 atom stereocenters. The monoisotopic (exact) mass is 489 g/mol. The minimum atomic E-state index is -0.635. The van der Waals surface area contributed by atoms with Gasteiger partial charge in [-0.2, -0.15) is 0 Å². The van der Waals surface area contributed by atoms with E-state index >= 15 is 0 Å². The number of carbonyl (C=O) groups is 2. The van der Waals surface area contributed by atoms with Gasteiger partial charge in [0.25, 0.3) is 0 Å². The van der Waals surface area contributed by atoms with Crippen molar-refractivity contribution in [2.24, 2.45) is 0 Å². The van der Waals surface area contributed by atoms with E-state index in [4.69, 9.17) is 9.47 Å². The molecular formula is C26H20BrNO4. The zero-order valence-corrected chi connectivity index (χ0v) is 19.1. The van der Waals surface area contributed by atoms with Crippen LogP contribution in [-0.2, 0) is 9.47 Å².